The zero-order valence-electron chi connectivity index (χ0n) is 15.6. The van der Waals surface area contributed by atoms with Gasteiger partial charge in [-0.1, -0.05) is 48.0 Å². The molecule has 3 aromatic rings. The maximum absolute atomic E-state index is 12.4. The smallest absolute Gasteiger partial charge is 0.257 e. The number of nitrogens with one attached hydrogen (secondary N) is 3. The zero-order chi connectivity index (χ0) is 21.6. The van der Waals surface area contributed by atoms with E-state index in [0.717, 1.165) is 5.56 Å². The van der Waals surface area contributed by atoms with E-state index in [2.05, 4.69) is 15.4 Å². The quantitative estimate of drug-likeness (QED) is 0.486. The van der Waals surface area contributed by atoms with Crippen molar-refractivity contribution in [3.63, 3.8) is 0 Å². The van der Waals surface area contributed by atoms with Gasteiger partial charge in [0.25, 0.3) is 5.91 Å². The van der Waals surface area contributed by atoms with Crippen molar-refractivity contribution in [1.82, 2.24) is 10.0 Å². The van der Waals surface area contributed by atoms with Gasteiger partial charge in [0, 0.05) is 22.8 Å². The molecule has 0 bridgehead atoms. The highest BCUT2D eigenvalue weighted by molar-refractivity contribution is 7.89. The van der Waals surface area contributed by atoms with Crippen LogP contribution in [0.3, 0.4) is 0 Å². The van der Waals surface area contributed by atoms with Gasteiger partial charge in [0.15, 0.2) is 5.11 Å². The third-order valence-corrected chi connectivity index (χ3v) is 5.90. The Hall–Kier alpha value is -2.78. The monoisotopic (exact) mass is 459 g/mol. The molecule has 0 aliphatic heterocycles. The Morgan fingerprint density at radius 2 is 1.63 bits per heavy atom. The first-order valence-corrected chi connectivity index (χ1v) is 11.1. The van der Waals surface area contributed by atoms with Crippen LogP contribution in [-0.4, -0.2) is 19.4 Å². The summed E-state index contributed by atoms with van der Waals surface area (Å²) in [6.07, 6.45) is 0. The van der Waals surface area contributed by atoms with Crippen molar-refractivity contribution in [2.75, 3.05) is 5.32 Å². The Balaban J connectivity index is 1.58. The Morgan fingerprint density at radius 3 is 2.30 bits per heavy atom. The Labute approximate surface area is 185 Å². The van der Waals surface area contributed by atoms with Gasteiger partial charge in [-0.2, -0.15) is 0 Å². The van der Waals surface area contributed by atoms with Crippen LogP contribution in [0.4, 0.5) is 5.69 Å². The molecule has 3 N–H and O–H groups in total. The van der Waals surface area contributed by atoms with Gasteiger partial charge in [-0.25, -0.2) is 13.1 Å². The molecule has 3 rings (SSSR count). The normalized spacial score (nSPS) is 11.0. The lowest BCUT2D eigenvalue weighted by Crippen LogP contribution is -2.34. The maximum Gasteiger partial charge on any atom is 0.257 e. The van der Waals surface area contributed by atoms with E-state index < -0.39 is 15.9 Å². The van der Waals surface area contributed by atoms with Crippen molar-refractivity contribution in [2.45, 2.75) is 11.4 Å². The molecule has 0 unspecified atom stereocenters. The van der Waals surface area contributed by atoms with Gasteiger partial charge in [0.05, 0.1) is 4.90 Å². The highest BCUT2D eigenvalue weighted by Crippen LogP contribution is 2.15. The molecule has 0 spiro atoms. The number of halogens is 1. The molecule has 6 nitrogen and oxygen atoms in total. The SMILES string of the molecule is O=C(NC(=S)Nc1ccc(S(=O)(=O)NCc2ccccc2)cc1)c1cccc(Cl)c1. The third kappa shape index (κ3) is 6.11. The molecule has 9 heteroatoms. The number of carbonyl (C=O) groups is 1. The second kappa shape index (κ2) is 9.82. The molecular formula is C21H18ClN3O3S2. The minimum atomic E-state index is -3.66. The molecule has 154 valence electrons. The number of hydrogen-bond acceptors (Lipinski definition) is 4. The number of amides is 1. The summed E-state index contributed by atoms with van der Waals surface area (Å²) >= 11 is 11.0. The van der Waals surface area contributed by atoms with Gasteiger partial charge in [-0.3, -0.25) is 10.1 Å². The minimum Gasteiger partial charge on any atom is -0.332 e. The van der Waals surface area contributed by atoms with E-state index in [1.165, 1.54) is 18.2 Å². The van der Waals surface area contributed by atoms with Crippen LogP contribution in [0.25, 0.3) is 0 Å². The summed E-state index contributed by atoms with van der Waals surface area (Å²) in [6, 6.07) is 21.8. The number of hydrogen-bond donors (Lipinski definition) is 3. The van der Waals surface area contributed by atoms with Crippen LogP contribution in [0.2, 0.25) is 5.02 Å². The highest BCUT2D eigenvalue weighted by atomic mass is 35.5. The van der Waals surface area contributed by atoms with E-state index in [0.29, 0.717) is 16.3 Å². The fraction of sp³-hybridized carbons (Fsp3) is 0.0476. The van der Waals surface area contributed by atoms with Crippen LogP contribution in [0.5, 0.6) is 0 Å². The predicted octanol–water partition coefficient (Wildman–Crippen LogP) is 3.95. The largest absolute Gasteiger partial charge is 0.332 e. The van der Waals surface area contributed by atoms with Crippen molar-refractivity contribution in [1.29, 1.82) is 0 Å². The molecule has 0 aliphatic carbocycles. The summed E-state index contributed by atoms with van der Waals surface area (Å²) in [5, 5.41) is 5.92. The van der Waals surface area contributed by atoms with Crippen LogP contribution in [0, 0.1) is 0 Å². The second-order valence-corrected chi connectivity index (χ2v) is 8.86. The summed E-state index contributed by atoms with van der Waals surface area (Å²) in [6.45, 7) is 0.197. The van der Waals surface area contributed by atoms with Crippen LogP contribution in [0.1, 0.15) is 15.9 Å². The van der Waals surface area contributed by atoms with Crippen molar-refractivity contribution in [2.24, 2.45) is 0 Å². The van der Waals surface area contributed by atoms with Gasteiger partial charge >= 0.3 is 0 Å². The number of carbonyl (C=O) groups excluding carboxylic acids is 1. The number of anilines is 1. The van der Waals surface area contributed by atoms with E-state index in [1.54, 1.807) is 30.3 Å². The fourth-order valence-corrected chi connectivity index (χ4v) is 3.96. The lowest BCUT2D eigenvalue weighted by Gasteiger charge is -2.11. The molecule has 0 radical (unpaired) electrons. The molecule has 0 aromatic heterocycles. The average molecular weight is 460 g/mol. The zero-order valence-corrected chi connectivity index (χ0v) is 18.0. The Bertz CT molecular complexity index is 1150. The highest BCUT2D eigenvalue weighted by Gasteiger charge is 2.14. The number of benzene rings is 3. The Kier molecular flexibility index (Phi) is 7.17. The Morgan fingerprint density at radius 1 is 0.933 bits per heavy atom. The first kappa shape index (κ1) is 21.9. The van der Waals surface area contributed by atoms with Gasteiger partial charge in [0.2, 0.25) is 10.0 Å². The van der Waals surface area contributed by atoms with Crippen molar-refractivity contribution < 1.29 is 13.2 Å². The summed E-state index contributed by atoms with van der Waals surface area (Å²) in [5.74, 6) is -0.403. The molecule has 1 amide bonds. The summed E-state index contributed by atoms with van der Waals surface area (Å²) in [7, 11) is -3.66. The first-order valence-electron chi connectivity index (χ1n) is 8.85. The lowest BCUT2D eigenvalue weighted by molar-refractivity contribution is 0.0977. The number of thiocarbonyl (C=S) groups is 1. The average Bonchev–Trinajstić information content (AvgIpc) is 2.73. The molecule has 3 aromatic carbocycles. The first-order chi connectivity index (χ1) is 14.3. The fourth-order valence-electron chi connectivity index (χ4n) is 2.54. The predicted molar refractivity (Wildman–Crippen MR) is 122 cm³/mol. The van der Waals surface area contributed by atoms with Gasteiger partial charge in [0.1, 0.15) is 0 Å². The minimum absolute atomic E-state index is 0.0813. The molecule has 0 saturated heterocycles. The number of sulfonamides is 1. The van der Waals surface area contributed by atoms with Gasteiger partial charge in [-0.15, -0.1) is 0 Å². The standard InChI is InChI=1S/C21H18ClN3O3S2/c22-17-8-4-7-16(13-17)20(26)25-21(29)24-18-9-11-19(12-10-18)30(27,28)23-14-15-5-2-1-3-6-15/h1-13,23H,14H2,(H2,24,25,26,29). The van der Waals surface area contributed by atoms with Crippen molar-refractivity contribution in [3.8, 4) is 0 Å². The third-order valence-electron chi connectivity index (χ3n) is 4.05. The summed E-state index contributed by atoms with van der Waals surface area (Å²) < 4.78 is 27.4. The number of rotatable bonds is 6. The van der Waals surface area contributed by atoms with Crippen LogP contribution < -0.4 is 15.4 Å². The van der Waals surface area contributed by atoms with Crippen LogP contribution in [0.15, 0.2) is 83.8 Å². The molecule has 0 fully saturated rings. The van der Waals surface area contributed by atoms with Gasteiger partial charge in [-0.05, 0) is 60.2 Å². The summed E-state index contributed by atoms with van der Waals surface area (Å²) in [4.78, 5) is 12.3. The maximum atomic E-state index is 12.4. The molecular weight excluding hydrogens is 442 g/mol. The summed E-state index contributed by atoms with van der Waals surface area (Å²) in [5.41, 5.74) is 1.77. The second-order valence-electron chi connectivity index (χ2n) is 6.25. The van der Waals surface area contributed by atoms with Crippen molar-refractivity contribution >= 4 is 50.5 Å². The van der Waals surface area contributed by atoms with E-state index in [-0.39, 0.29) is 16.6 Å². The van der Waals surface area contributed by atoms with Crippen LogP contribution >= 0.6 is 23.8 Å². The molecule has 30 heavy (non-hydrogen) atoms. The molecule has 0 atom stereocenters. The van der Waals surface area contributed by atoms with Crippen LogP contribution in [-0.2, 0) is 16.6 Å². The van der Waals surface area contributed by atoms with Gasteiger partial charge < -0.3 is 5.32 Å². The van der Waals surface area contributed by atoms with E-state index in [9.17, 15) is 13.2 Å². The van der Waals surface area contributed by atoms with E-state index in [1.807, 2.05) is 30.3 Å². The molecule has 0 heterocycles. The van der Waals surface area contributed by atoms with Crippen molar-refractivity contribution in [3.05, 3.63) is 95.0 Å². The topological polar surface area (TPSA) is 87.3 Å². The lowest BCUT2D eigenvalue weighted by atomic mass is 10.2. The van der Waals surface area contributed by atoms with E-state index in [4.69, 9.17) is 23.8 Å². The molecule has 0 aliphatic rings. The molecule has 0 saturated carbocycles. The van der Waals surface area contributed by atoms with E-state index >= 15 is 0 Å².